The molecule has 2 amide bonds. The van der Waals surface area contributed by atoms with E-state index in [4.69, 9.17) is 16.3 Å². The van der Waals surface area contributed by atoms with E-state index in [2.05, 4.69) is 10.6 Å². The average Bonchev–Trinajstić information content (AvgIpc) is 2.60. The van der Waals surface area contributed by atoms with Crippen molar-refractivity contribution in [2.75, 3.05) is 16.4 Å². The second-order valence-corrected chi connectivity index (χ2v) is 7.05. The summed E-state index contributed by atoms with van der Waals surface area (Å²) in [6.07, 6.45) is -0.999. The van der Waals surface area contributed by atoms with Crippen molar-refractivity contribution in [3.63, 3.8) is 0 Å². The van der Waals surface area contributed by atoms with Crippen LogP contribution < -0.4 is 10.6 Å². The summed E-state index contributed by atoms with van der Waals surface area (Å²) in [5, 5.41) is 5.83. The van der Waals surface area contributed by atoms with E-state index in [-0.39, 0.29) is 11.5 Å². The summed E-state index contributed by atoms with van der Waals surface area (Å²) in [5.41, 5.74) is 1.34. The maximum atomic E-state index is 12.3. The van der Waals surface area contributed by atoms with Crippen molar-refractivity contribution in [2.45, 2.75) is 17.9 Å². The highest BCUT2D eigenvalue weighted by Crippen LogP contribution is 2.32. The minimum atomic E-state index is -0.999. The lowest BCUT2D eigenvalue weighted by Gasteiger charge is -2.17. The predicted molar refractivity (Wildman–Crippen MR) is 101 cm³/mol. The Balaban J connectivity index is 1.64. The number of rotatable bonds is 4. The highest BCUT2D eigenvalue weighted by atomic mass is 35.5. The molecule has 2 N–H and O–H groups in total. The van der Waals surface area contributed by atoms with Crippen molar-refractivity contribution < 1.29 is 19.1 Å². The minimum absolute atomic E-state index is 0.123. The van der Waals surface area contributed by atoms with Gasteiger partial charge in [-0.05, 0) is 43.3 Å². The predicted octanol–water partition coefficient (Wildman–Crippen LogP) is 3.57. The van der Waals surface area contributed by atoms with Crippen LogP contribution >= 0.6 is 23.4 Å². The molecule has 1 aliphatic rings. The number of nitrogens with one attached hydrogen (secondary N) is 2. The molecule has 26 heavy (non-hydrogen) atoms. The SMILES string of the molecule is C[C@@H](OC(=O)c1ccc2c(c1)NC(=O)CS2)C(=O)Nc1cccc(Cl)c1. The van der Waals surface area contributed by atoms with Crippen LogP contribution in [0, 0.1) is 0 Å². The largest absolute Gasteiger partial charge is 0.449 e. The summed E-state index contributed by atoms with van der Waals surface area (Å²) in [7, 11) is 0. The molecule has 3 rings (SSSR count). The summed E-state index contributed by atoms with van der Waals surface area (Å²) in [6.45, 7) is 1.48. The molecule has 1 aliphatic heterocycles. The van der Waals surface area contributed by atoms with Gasteiger partial charge in [0.15, 0.2) is 6.10 Å². The molecule has 0 radical (unpaired) electrons. The molecule has 8 heteroatoms. The minimum Gasteiger partial charge on any atom is -0.449 e. The first-order chi connectivity index (χ1) is 12.4. The summed E-state index contributed by atoms with van der Waals surface area (Å²) in [4.78, 5) is 36.8. The lowest BCUT2D eigenvalue weighted by Crippen LogP contribution is -2.30. The fourth-order valence-electron chi connectivity index (χ4n) is 2.30. The molecule has 0 spiro atoms. The fourth-order valence-corrected chi connectivity index (χ4v) is 3.28. The molecule has 0 saturated carbocycles. The third-order valence-electron chi connectivity index (χ3n) is 3.59. The van der Waals surface area contributed by atoms with Crippen molar-refractivity contribution in [2.24, 2.45) is 0 Å². The van der Waals surface area contributed by atoms with Crippen LogP contribution in [0.25, 0.3) is 0 Å². The van der Waals surface area contributed by atoms with Gasteiger partial charge < -0.3 is 15.4 Å². The van der Waals surface area contributed by atoms with Gasteiger partial charge in [0.2, 0.25) is 5.91 Å². The number of carbonyl (C=O) groups is 3. The van der Waals surface area contributed by atoms with Gasteiger partial charge >= 0.3 is 5.97 Å². The fraction of sp³-hybridized carbons (Fsp3) is 0.167. The van der Waals surface area contributed by atoms with Crippen molar-refractivity contribution in [1.29, 1.82) is 0 Å². The lowest BCUT2D eigenvalue weighted by molar-refractivity contribution is -0.123. The first-order valence-corrected chi connectivity index (χ1v) is 9.13. The van der Waals surface area contributed by atoms with E-state index in [0.29, 0.717) is 22.2 Å². The van der Waals surface area contributed by atoms with Crippen LogP contribution in [0.5, 0.6) is 0 Å². The number of fused-ring (bicyclic) bond motifs is 1. The molecule has 0 aromatic heterocycles. The molecule has 1 atom stereocenters. The van der Waals surface area contributed by atoms with Crippen LogP contribution in [0.1, 0.15) is 17.3 Å². The van der Waals surface area contributed by atoms with Crippen LogP contribution in [0.15, 0.2) is 47.4 Å². The molecular formula is C18H15ClN2O4S. The summed E-state index contributed by atoms with van der Waals surface area (Å²) < 4.78 is 5.22. The van der Waals surface area contributed by atoms with Crippen molar-refractivity contribution >= 4 is 52.5 Å². The van der Waals surface area contributed by atoms with Gasteiger partial charge in [-0.1, -0.05) is 17.7 Å². The zero-order valence-electron chi connectivity index (χ0n) is 13.7. The van der Waals surface area contributed by atoms with Crippen LogP contribution in [0.2, 0.25) is 5.02 Å². The van der Waals surface area contributed by atoms with Gasteiger partial charge in [-0.3, -0.25) is 9.59 Å². The Morgan fingerprint density at radius 2 is 2.08 bits per heavy atom. The van der Waals surface area contributed by atoms with E-state index in [9.17, 15) is 14.4 Å². The van der Waals surface area contributed by atoms with Gasteiger partial charge in [-0.2, -0.15) is 0 Å². The first-order valence-electron chi connectivity index (χ1n) is 7.76. The first kappa shape index (κ1) is 18.3. The molecule has 0 aliphatic carbocycles. The van der Waals surface area contributed by atoms with E-state index in [1.165, 1.54) is 18.7 Å². The van der Waals surface area contributed by atoms with Crippen molar-refractivity contribution in [1.82, 2.24) is 0 Å². The molecule has 134 valence electrons. The Morgan fingerprint density at radius 1 is 1.27 bits per heavy atom. The number of thioether (sulfide) groups is 1. The van der Waals surface area contributed by atoms with E-state index >= 15 is 0 Å². The Morgan fingerprint density at radius 3 is 2.85 bits per heavy atom. The standard InChI is InChI=1S/C18H15ClN2O4S/c1-10(17(23)20-13-4-2-3-12(19)8-13)25-18(24)11-5-6-15-14(7-11)21-16(22)9-26-15/h2-8,10H,9H2,1H3,(H,20,23)(H,21,22)/t10-/m1/s1. The Bertz CT molecular complexity index is 887. The number of esters is 1. The van der Waals surface area contributed by atoms with E-state index in [1.807, 2.05) is 0 Å². The van der Waals surface area contributed by atoms with Gasteiger partial charge in [0, 0.05) is 15.6 Å². The van der Waals surface area contributed by atoms with Gasteiger partial charge in [-0.15, -0.1) is 11.8 Å². The maximum Gasteiger partial charge on any atom is 0.338 e. The Labute approximate surface area is 159 Å². The maximum absolute atomic E-state index is 12.3. The number of anilines is 2. The molecule has 1 heterocycles. The molecule has 2 aromatic carbocycles. The summed E-state index contributed by atoms with van der Waals surface area (Å²) in [5.74, 6) is -0.895. The van der Waals surface area contributed by atoms with Gasteiger partial charge in [0.25, 0.3) is 5.91 Å². The van der Waals surface area contributed by atoms with Gasteiger partial charge in [0.1, 0.15) is 0 Å². The molecule has 0 fully saturated rings. The van der Waals surface area contributed by atoms with Gasteiger partial charge in [0.05, 0.1) is 17.0 Å². The number of amides is 2. The molecular weight excluding hydrogens is 376 g/mol. The number of halogens is 1. The quantitative estimate of drug-likeness (QED) is 0.779. The van der Waals surface area contributed by atoms with Crippen molar-refractivity contribution in [3.8, 4) is 0 Å². The highest BCUT2D eigenvalue weighted by Gasteiger charge is 2.21. The van der Waals surface area contributed by atoms with E-state index in [1.54, 1.807) is 42.5 Å². The highest BCUT2D eigenvalue weighted by molar-refractivity contribution is 8.00. The number of benzene rings is 2. The van der Waals surface area contributed by atoms with E-state index < -0.39 is 18.0 Å². The van der Waals surface area contributed by atoms with Crippen LogP contribution in [0.4, 0.5) is 11.4 Å². The average molecular weight is 391 g/mol. The van der Waals surface area contributed by atoms with Crippen LogP contribution in [-0.2, 0) is 14.3 Å². The molecule has 0 saturated heterocycles. The molecule has 6 nitrogen and oxygen atoms in total. The van der Waals surface area contributed by atoms with Gasteiger partial charge in [-0.25, -0.2) is 4.79 Å². The van der Waals surface area contributed by atoms with Crippen LogP contribution in [-0.4, -0.2) is 29.6 Å². The lowest BCUT2D eigenvalue weighted by atomic mass is 10.2. The van der Waals surface area contributed by atoms with Crippen LogP contribution in [0.3, 0.4) is 0 Å². The topological polar surface area (TPSA) is 84.5 Å². The Kier molecular flexibility index (Phi) is 5.49. The summed E-state index contributed by atoms with van der Waals surface area (Å²) >= 11 is 7.27. The molecule has 0 bridgehead atoms. The molecule has 2 aromatic rings. The second-order valence-electron chi connectivity index (χ2n) is 5.59. The normalized spacial score (nSPS) is 14.0. The smallest absolute Gasteiger partial charge is 0.338 e. The number of hydrogen-bond donors (Lipinski definition) is 2. The number of hydrogen-bond acceptors (Lipinski definition) is 5. The molecule has 0 unspecified atom stereocenters. The third-order valence-corrected chi connectivity index (χ3v) is 4.90. The third kappa shape index (κ3) is 4.36. The zero-order valence-corrected chi connectivity index (χ0v) is 15.3. The van der Waals surface area contributed by atoms with E-state index in [0.717, 1.165) is 4.90 Å². The number of carbonyl (C=O) groups excluding carboxylic acids is 3. The number of ether oxygens (including phenoxy) is 1. The summed E-state index contributed by atoms with van der Waals surface area (Å²) in [6, 6.07) is 11.6. The monoisotopic (exact) mass is 390 g/mol. The Hall–Kier alpha value is -2.51. The van der Waals surface area contributed by atoms with Crippen molar-refractivity contribution in [3.05, 3.63) is 53.1 Å². The second kappa shape index (κ2) is 7.80. The zero-order chi connectivity index (χ0) is 18.7.